The molecule has 1 saturated heterocycles. The lowest BCUT2D eigenvalue weighted by atomic mass is 10.2. The molecule has 3 N–H and O–H groups in total. The molecule has 0 radical (unpaired) electrons. The van der Waals surface area contributed by atoms with E-state index in [1.54, 1.807) is 24.3 Å². The van der Waals surface area contributed by atoms with E-state index < -0.39 is 0 Å². The summed E-state index contributed by atoms with van der Waals surface area (Å²) in [6.45, 7) is 3.93. The monoisotopic (exact) mass is 575 g/mol. The Balaban J connectivity index is 0.00000300. The second kappa shape index (κ2) is 11.3. The number of hydrogen-bond acceptors (Lipinski definition) is 3. The van der Waals surface area contributed by atoms with Gasteiger partial charge in [-0.25, -0.2) is 4.39 Å². The third-order valence-electron chi connectivity index (χ3n) is 4.57. The number of nitrogens with one attached hydrogen (secondary N) is 1. The highest BCUT2D eigenvalue weighted by Gasteiger charge is 2.18. The molecule has 0 bridgehead atoms. The van der Waals surface area contributed by atoms with Gasteiger partial charge in [-0.2, -0.15) is 0 Å². The van der Waals surface area contributed by atoms with Crippen LogP contribution >= 0.6 is 39.9 Å². The van der Waals surface area contributed by atoms with Crippen LogP contribution < -0.4 is 16.0 Å². The van der Waals surface area contributed by atoms with Crippen LogP contribution in [0.25, 0.3) is 0 Å². The van der Waals surface area contributed by atoms with Crippen molar-refractivity contribution in [3.8, 4) is 0 Å². The second-order valence-corrected chi connectivity index (χ2v) is 7.37. The maximum Gasteiger partial charge on any atom is 0.251 e. The molecule has 29 heavy (non-hydrogen) atoms. The zero-order chi connectivity index (χ0) is 19.9. The van der Waals surface area contributed by atoms with Crippen LogP contribution in [0, 0.1) is 5.82 Å². The van der Waals surface area contributed by atoms with Crippen LogP contribution in [0.2, 0.25) is 0 Å². The molecule has 1 fully saturated rings. The number of halogens is 3. The molecule has 0 aliphatic carbocycles. The van der Waals surface area contributed by atoms with Crippen LogP contribution in [-0.2, 0) is 0 Å². The molecular weight excluding hydrogens is 552 g/mol. The van der Waals surface area contributed by atoms with E-state index in [0.717, 1.165) is 36.3 Å². The maximum absolute atomic E-state index is 13.0. The van der Waals surface area contributed by atoms with Crippen molar-refractivity contribution in [2.24, 2.45) is 10.7 Å². The van der Waals surface area contributed by atoms with Crippen molar-refractivity contribution < 1.29 is 9.18 Å². The number of nitrogens with zero attached hydrogens (tertiary/aromatic N) is 3. The molecule has 2 aromatic rings. The standard InChI is InChI=1S/C20H23BrFN5O.HI/c21-16-3-1-15(2-4-16)19(28)24-9-10-25-20(23)27-13-11-26(12-14-27)18-7-5-17(22)6-8-18;/h1-8H,9-14H2,(H2,23,25)(H,24,28);1H. The predicted octanol–water partition coefficient (Wildman–Crippen LogP) is 3.07. The number of piperazine rings is 1. The highest BCUT2D eigenvalue weighted by atomic mass is 127. The normalized spacial score (nSPS) is 14.3. The summed E-state index contributed by atoms with van der Waals surface area (Å²) in [5.41, 5.74) is 7.70. The van der Waals surface area contributed by atoms with Gasteiger partial charge in [-0.15, -0.1) is 24.0 Å². The number of rotatable bonds is 5. The Morgan fingerprint density at radius 2 is 1.69 bits per heavy atom. The van der Waals surface area contributed by atoms with Crippen molar-refractivity contribution in [1.29, 1.82) is 0 Å². The summed E-state index contributed by atoms with van der Waals surface area (Å²) >= 11 is 3.35. The number of guanidine groups is 1. The largest absolute Gasteiger partial charge is 0.370 e. The van der Waals surface area contributed by atoms with Crippen LogP contribution in [0.5, 0.6) is 0 Å². The molecule has 1 heterocycles. The molecule has 9 heteroatoms. The lowest BCUT2D eigenvalue weighted by Crippen LogP contribution is -2.51. The molecule has 0 saturated carbocycles. The molecular formula is C20H24BrFIN5O. The van der Waals surface area contributed by atoms with E-state index in [-0.39, 0.29) is 35.7 Å². The summed E-state index contributed by atoms with van der Waals surface area (Å²) in [5, 5.41) is 2.84. The number of carbonyl (C=O) groups excluding carboxylic acids is 1. The van der Waals surface area contributed by atoms with Crippen molar-refractivity contribution in [2.75, 3.05) is 44.2 Å². The molecule has 3 rings (SSSR count). The average molecular weight is 576 g/mol. The van der Waals surface area contributed by atoms with Gasteiger partial charge in [0.05, 0.1) is 6.54 Å². The SMILES string of the molecule is I.NC(=NCCNC(=O)c1ccc(Br)cc1)N1CCN(c2ccc(F)cc2)CC1. The highest BCUT2D eigenvalue weighted by Crippen LogP contribution is 2.16. The number of carbonyl (C=O) groups is 1. The van der Waals surface area contributed by atoms with Gasteiger partial charge >= 0.3 is 0 Å². The Hall–Kier alpha value is -1.88. The molecule has 1 aliphatic rings. The first-order valence-corrected chi connectivity index (χ1v) is 9.91. The zero-order valence-corrected chi connectivity index (χ0v) is 19.8. The number of anilines is 1. The van der Waals surface area contributed by atoms with Gasteiger partial charge in [-0.1, -0.05) is 15.9 Å². The van der Waals surface area contributed by atoms with E-state index in [1.165, 1.54) is 12.1 Å². The molecule has 0 atom stereocenters. The van der Waals surface area contributed by atoms with Gasteiger partial charge in [-0.3, -0.25) is 9.79 Å². The van der Waals surface area contributed by atoms with E-state index in [4.69, 9.17) is 5.73 Å². The van der Waals surface area contributed by atoms with Crippen LogP contribution in [0.1, 0.15) is 10.4 Å². The van der Waals surface area contributed by atoms with E-state index >= 15 is 0 Å². The van der Waals surface area contributed by atoms with Gasteiger partial charge < -0.3 is 20.9 Å². The van der Waals surface area contributed by atoms with Crippen LogP contribution in [0.15, 0.2) is 58.0 Å². The minimum atomic E-state index is -0.231. The van der Waals surface area contributed by atoms with Gasteiger partial charge in [0.2, 0.25) is 0 Å². The third kappa shape index (κ3) is 6.84. The van der Waals surface area contributed by atoms with Crippen LogP contribution in [0.3, 0.4) is 0 Å². The molecule has 156 valence electrons. The fourth-order valence-corrected chi connectivity index (χ4v) is 3.25. The number of hydrogen-bond donors (Lipinski definition) is 2. The van der Waals surface area contributed by atoms with Gasteiger partial charge in [0, 0.05) is 48.4 Å². The molecule has 6 nitrogen and oxygen atoms in total. The number of benzene rings is 2. The topological polar surface area (TPSA) is 74.0 Å². The lowest BCUT2D eigenvalue weighted by Gasteiger charge is -2.36. The van der Waals surface area contributed by atoms with Gasteiger partial charge in [0.25, 0.3) is 5.91 Å². The number of aliphatic imine (C=N–C) groups is 1. The first-order chi connectivity index (χ1) is 13.5. The predicted molar refractivity (Wildman–Crippen MR) is 129 cm³/mol. The molecule has 0 unspecified atom stereocenters. The van der Waals surface area contributed by atoms with Crippen molar-refractivity contribution in [3.05, 3.63) is 64.4 Å². The van der Waals surface area contributed by atoms with Crippen LogP contribution in [-0.4, -0.2) is 56.0 Å². The molecule has 0 spiro atoms. The first kappa shape index (κ1) is 23.4. The maximum atomic E-state index is 13.0. The van der Waals surface area contributed by atoms with Crippen molar-refractivity contribution >= 4 is 57.5 Å². The van der Waals surface area contributed by atoms with Crippen LogP contribution in [0.4, 0.5) is 10.1 Å². The van der Waals surface area contributed by atoms with E-state index in [1.807, 2.05) is 17.0 Å². The summed E-state index contributed by atoms with van der Waals surface area (Å²) < 4.78 is 14.0. The molecule has 2 aromatic carbocycles. The smallest absolute Gasteiger partial charge is 0.251 e. The summed E-state index contributed by atoms with van der Waals surface area (Å²) in [6.07, 6.45) is 0. The number of nitrogens with two attached hydrogens (primary N) is 1. The number of amides is 1. The Morgan fingerprint density at radius 3 is 2.31 bits per heavy atom. The van der Waals surface area contributed by atoms with Crippen molar-refractivity contribution in [1.82, 2.24) is 10.2 Å². The highest BCUT2D eigenvalue weighted by molar-refractivity contribution is 14.0. The van der Waals surface area contributed by atoms with Gasteiger partial charge in [0.1, 0.15) is 5.82 Å². The van der Waals surface area contributed by atoms with Gasteiger partial charge in [0.15, 0.2) is 5.96 Å². The summed E-state index contributed by atoms with van der Waals surface area (Å²) in [7, 11) is 0. The van der Waals surface area contributed by atoms with Crippen molar-refractivity contribution in [2.45, 2.75) is 0 Å². The summed E-state index contributed by atoms with van der Waals surface area (Å²) in [6, 6.07) is 13.7. The fourth-order valence-electron chi connectivity index (χ4n) is 2.99. The quantitative estimate of drug-likeness (QED) is 0.249. The third-order valence-corrected chi connectivity index (χ3v) is 5.10. The molecule has 1 aliphatic heterocycles. The van der Waals surface area contributed by atoms with Gasteiger partial charge in [-0.05, 0) is 48.5 Å². The minimum absolute atomic E-state index is 0. The van der Waals surface area contributed by atoms with Crippen molar-refractivity contribution in [3.63, 3.8) is 0 Å². The molecule has 1 amide bonds. The Labute approximate surface area is 195 Å². The van der Waals surface area contributed by atoms with E-state index in [9.17, 15) is 9.18 Å². The van der Waals surface area contributed by atoms with E-state index in [2.05, 4.69) is 31.1 Å². The molecule has 0 aromatic heterocycles. The lowest BCUT2D eigenvalue weighted by molar-refractivity contribution is 0.0954. The minimum Gasteiger partial charge on any atom is -0.370 e. The first-order valence-electron chi connectivity index (χ1n) is 9.12. The average Bonchev–Trinajstić information content (AvgIpc) is 2.72. The summed E-state index contributed by atoms with van der Waals surface area (Å²) in [5.74, 6) is 0.122. The Kier molecular flexibility index (Phi) is 9.15. The fraction of sp³-hybridized carbons (Fsp3) is 0.300. The zero-order valence-electron chi connectivity index (χ0n) is 15.9. The van der Waals surface area contributed by atoms with E-state index in [0.29, 0.717) is 24.6 Å². The second-order valence-electron chi connectivity index (χ2n) is 6.45. The summed E-state index contributed by atoms with van der Waals surface area (Å²) in [4.78, 5) is 20.6. The Bertz CT molecular complexity index is 824. The Morgan fingerprint density at radius 1 is 1.07 bits per heavy atom.